The Kier molecular flexibility index (Phi) is 3.84. The third kappa shape index (κ3) is 3.44. The summed E-state index contributed by atoms with van der Waals surface area (Å²) in [7, 11) is -2.45. The molecule has 0 fully saturated rings. The zero-order chi connectivity index (χ0) is 12.3. The summed E-state index contributed by atoms with van der Waals surface area (Å²) in [5.41, 5.74) is 0.465. The molecule has 5 nitrogen and oxygen atoms in total. The lowest BCUT2D eigenvalue weighted by Gasteiger charge is -2.13. The van der Waals surface area contributed by atoms with Gasteiger partial charge in [-0.05, 0) is 24.6 Å². The van der Waals surface area contributed by atoms with Crippen LogP contribution in [0.5, 0.6) is 5.75 Å². The topological polar surface area (TPSA) is 81.4 Å². The Balaban J connectivity index is 2.93. The van der Waals surface area contributed by atoms with Gasteiger partial charge in [0, 0.05) is 6.04 Å². The van der Waals surface area contributed by atoms with Gasteiger partial charge in [0.05, 0.1) is 7.11 Å². The number of methoxy groups -OCH3 is 1. The first-order chi connectivity index (χ1) is 7.33. The van der Waals surface area contributed by atoms with E-state index in [-0.39, 0.29) is 5.75 Å². The molecule has 1 aromatic carbocycles. The number of nitrogens with one attached hydrogen (secondary N) is 1. The Morgan fingerprint density at radius 2 is 2.12 bits per heavy atom. The fraction of sp³-hybridized carbons (Fsp3) is 0.333. The Hall–Kier alpha value is -1.18. The molecule has 1 atom stereocenters. The maximum absolute atomic E-state index is 13.3. The van der Waals surface area contributed by atoms with Crippen molar-refractivity contribution in [3.63, 3.8) is 0 Å². The highest BCUT2D eigenvalue weighted by Crippen LogP contribution is 2.21. The average Bonchev–Trinajstić information content (AvgIpc) is 2.15. The number of halogens is 1. The lowest BCUT2D eigenvalue weighted by atomic mass is 10.1. The van der Waals surface area contributed by atoms with Crippen LogP contribution >= 0.6 is 0 Å². The molecule has 16 heavy (non-hydrogen) atoms. The predicted molar refractivity (Wildman–Crippen MR) is 57.6 cm³/mol. The molecule has 0 aliphatic rings. The van der Waals surface area contributed by atoms with Crippen LogP contribution in [0.25, 0.3) is 0 Å². The fourth-order valence-electron chi connectivity index (χ4n) is 1.27. The number of ether oxygens (including phenoxy) is 1. The minimum Gasteiger partial charge on any atom is -0.494 e. The van der Waals surface area contributed by atoms with Crippen LogP contribution in [-0.2, 0) is 10.2 Å². The number of hydrogen-bond donors (Lipinski definition) is 2. The van der Waals surface area contributed by atoms with E-state index in [2.05, 4.69) is 4.72 Å². The van der Waals surface area contributed by atoms with Gasteiger partial charge in [-0.15, -0.1) is 0 Å². The second-order valence-electron chi connectivity index (χ2n) is 3.28. The SMILES string of the molecule is COc1ccc([C@H](C)NS(N)(=O)=O)cc1F. The Labute approximate surface area is 93.6 Å². The van der Waals surface area contributed by atoms with Gasteiger partial charge in [0.2, 0.25) is 0 Å². The van der Waals surface area contributed by atoms with E-state index in [1.165, 1.54) is 19.2 Å². The number of benzene rings is 1. The molecule has 0 unspecified atom stereocenters. The van der Waals surface area contributed by atoms with Crippen molar-refractivity contribution >= 4 is 10.2 Å². The normalized spacial score (nSPS) is 13.5. The number of hydrogen-bond acceptors (Lipinski definition) is 3. The largest absolute Gasteiger partial charge is 0.494 e. The lowest BCUT2D eigenvalue weighted by Crippen LogP contribution is -2.32. The summed E-state index contributed by atoms with van der Waals surface area (Å²) >= 11 is 0. The molecule has 0 amide bonds. The van der Waals surface area contributed by atoms with Gasteiger partial charge in [-0.2, -0.15) is 13.1 Å². The van der Waals surface area contributed by atoms with Gasteiger partial charge in [-0.1, -0.05) is 6.07 Å². The van der Waals surface area contributed by atoms with Crippen LogP contribution in [0.15, 0.2) is 18.2 Å². The van der Waals surface area contributed by atoms with Crippen LogP contribution in [-0.4, -0.2) is 15.5 Å². The van der Waals surface area contributed by atoms with Crippen molar-refractivity contribution in [3.8, 4) is 5.75 Å². The molecule has 1 aromatic rings. The van der Waals surface area contributed by atoms with Crippen molar-refractivity contribution in [2.75, 3.05) is 7.11 Å². The van der Waals surface area contributed by atoms with E-state index in [0.29, 0.717) is 5.56 Å². The summed E-state index contributed by atoms with van der Waals surface area (Å²) in [6, 6.07) is 3.58. The average molecular weight is 248 g/mol. The first-order valence-electron chi connectivity index (χ1n) is 4.47. The molecule has 0 heterocycles. The van der Waals surface area contributed by atoms with E-state index in [1.807, 2.05) is 0 Å². The van der Waals surface area contributed by atoms with Gasteiger partial charge in [-0.3, -0.25) is 0 Å². The van der Waals surface area contributed by atoms with Gasteiger partial charge in [0.15, 0.2) is 11.6 Å². The second-order valence-corrected chi connectivity index (χ2v) is 4.60. The standard InChI is InChI=1S/C9H13FN2O3S/c1-6(12-16(11,13)14)7-3-4-9(15-2)8(10)5-7/h3-6,12H,1-2H3,(H2,11,13,14)/t6-/m0/s1. The lowest BCUT2D eigenvalue weighted by molar-refractivity contribution is 0.386. The molecule has 0 bridgehead atoms. The smallest absolute Gasteiger partial charge is 0.274 e. The molecule has 1 rings (SSSR count). The van der Waals surface area contributed by atoms with Gasteiger partial charge in [0.25, 0.3) is 10.2 Å². The van der Waals surface area contributed by atoms with Crippen LogP contribution in [0, 0.1) is 5.82 Å². The zero-order valence-electron chi connectivity index (χ0n) is 8.90. The Morgan fingerprint density at radius 1 is 1.50 bits per heavy atom. The van der Waals surface area contributed by atoms with E-state index in [4.69, 9.17) is 9.88 Å². The third-order valence-electron chi connectivity index (χ3n) is 2.02. The Morgan fingerprint density at radius 3 is 2.56 bits per heavy atom. The number of rotatable bonds is 4. The summed E-state index contributed by atoms with van der Waals surface area (Å²) in [4.78, 5) is 0. The molecule has 0 aromatic heterocycles. The minimum atomic E-state index is -3.80. The van der Waals surface area contributed by atoms with Crippen LogP contribution in [0.2, 0.25) is 0 Å². The van der Waals surface area contributed by atoms with Crippen LogP contribution < -0.4 is 14.6 Å². The van der Waals surface area contributed by atoms with Crippen molar-refractivity contribution in [1.82, 2.24) is 4.72 Å². The quantitative estimate of drug-likeness (QED) is 0.822. The molecule has 0 radical (unpaired) electrons. The van der Waals surface area contributed by atoms with Crippen molar-refractivity contribution in [2.24, 2.45) is 5.14 Å². The monoisotopic (exact) mass is 248 g/mol. The zero-order valence-corrected chi connectivity index (χ0v) is 9.71. The van der Waals surface area contributed by atoms with E-state index in [0.717, 1.165) is 0 Å². The predicted octanol–water partition coefficient (Wildman–Crippen LogP) is 0.688. The van der Waals surface area contributed by atoms with Crippen LogP contribution in [0.4, 0.5) is 4.39 Å². The van der Waals surface area contributed by atoms with Gasteiger partial charge < -0.3 is 4.74 Å². The molecule has 90 valence electrons. The molecule has 0 aliphatic heterocycles. The maximum Gasteiger partial charge on any atom is 0.274 e. The summed E-state index contributed by atoms with van der Waals surface area (Å²) in [5.74, 6) is -0.449. The molecule has 7 heteroatoms. The molecule has 0 saturated heterocycles. The Bertz CT molecular complexity index is 476. The highest BCUT2D eigenvalue weighted by atomic mass is 32.2. The molecular formula is C9H13FN2O3S. The first-order valence-corrected chi connectivity index (χ1v) is 6.01. The second kappa shape index (κ2) is 4.77. The van der Waals surface area contributed by atoms with Crippen molar-refractivity contribution in [2.45, 2.75) is 13.0 Å². The maximum atomic E-state index is 13.3. The van der Waals surface area contributed by atoms with Crippen molar-refractivity contribution in [3.05, 3.63) is 29.6 Å². The van der Waals surface area contributed by atoms with E-state index >= 15 is 0 Å². The highest BCUT2D eigenvalue weighted by Gasteiger charge is 2.13. The van der Waals surface area contributed by atoms with E-state index < -0.39 is 22.1 Å². The summed E-state index contributed by atoms with van der Waals surface area (Å²) in [6.07, 6.45) is 0. The molecule has 0 spiro atoms. The van der Waals surface area contributed by atoms with Gasteiger partial charge >= 0.3 is 0 Å². The molecule has 0 aliphatic carbocycles. The first kappa shape index (κ1) is 12.9. The fourth-order valence-corrected chi connectivity index (χ4v) is 1.90. The van der Waals surface area contributed by atoms with Crippen LogP contribution in [0.3, 0.4) is 0 Å². The van der Waals surface area contributed by atoms with Crippen molar-refractivity contribution in [1.29, 1.82) is 0 Å². The minimum absolute atomic E-state index is 0.103. The van der Waals surface area contributed by atoms with E-state index in [9.17, 15) is 12.8 Å². The molecule has 0 saturated carbocycles. The highest BCUT2D eigenvalue weighted by molar-refractivity contribution is 7.87. The number of nitrogens with two attached hydrogens (primary N) is 1. The van der Waals surface area contributed by atoms with E-state index in [1.54, 1.807) is 13.0 Å². The van der Waals surface area contributed by atoms with Crippen molar-refractivity contribution < 1.29 is 17.5 Å². The molecule has 3 N–H and O–H groups in total. The van der Waals surface area contributed by atoms with Crippen LogP contribution in [0.1, 0.15) is 18.5 Å². The third-order valence-corrected chi connectivity index (χ3v) is 2.70. The van der Waals surface area contributed by atoms with Gasteiger partial charge in [-0.25, -0.2) is 9.53 Å². The van der Waals surface area contributed by atoms with Gasteiger partial charge in [0.1, 0.15) is 0 Å². The molecular weight excluding hydrogens is 235 g/mol. The summed E-state index contributed by atoms with van der Waals surface area (Å²) < 4.78 is 41.7. The summed E-state index contributed by atoms with van der Waals surface area (Å²) in [5, 5.41) is 4.81. The summed E-state index contributed by atoms with van der Waals surface area (Å²) in [6.45, 7) is 1.56.